The zero-order chi connectivity index (χ0) is 19.9. The molecule has 0 aromatic heterocycles. The SMILES string of the molecule is O=C1C=Cc2c(C(F)(F)F)ccc(C(=O)C3C(=O)CCCC3=O)c2B(O)O1. The van der Waals surface area contributed by atoms with Gasteiger partial charge in [-0.05, 0) is 24.1 Å². The minimum absolute atomic E-state index is 0.00239. The predicted molar refractivity (Wildman–Crippen MR) is 85.9 cm³/mol. The summed E-state index contributed by atoms with van der Waals surface area (Å²) in [6.45, 7) is 0. The van der Waals surface area contributed by atoms with Gasteiger partial charge >= 0.3 is 19.3 Å². The molecule has 0 saturated heterocycles. The van der Waals surface area contributed by atoms with Crippen LogP contribution in [0.3, 0.4) is 0 Å². The van der Waals surface area contributed by atoms with E-state index in [1.165, 1.54) is 0 Å². The number of alkyl halides is 3. The smallest absolute Gasteiger partial charge is 0.503 e. The van der Waals surface area contributed by atoms with Crippen molar-refractivity contribution < 1.29 is 42.0 Å². The quantitative estimate of drug-likeness (QED) is 0.469. The second-order valence-corrected chi connectivity index (χ2v) is 6.19. The molecule has 0 radical (unpaired) electrons. The van der Waals surface area contributed by atoms with Crippen molar-refractivity contribution in [2.24, 2.45) is 5.92 Å². The average Bonchev–Trinajstić information content (AvgIpc) is 2.71. The number of carbonyl (C=O) groups excluding carboxylic acids is 4. The molecular weight excluding hydrogens is 368 g/mol. The van der Waals surface area contributed by atoms with Crippen LogP contribution in [0, 0.1) is 5.92 Å². The summed E-state index contributed by atoms with van der Waals surface area (Å²) in [6, 6.07) is 1.39. The third-order valence-corrected chi connectivity index (χ3v) is 4.47. The van der Waals surface area contributed by atoms with Gasteiger partial charge in [-0.25, -0.2) is 4.79 Å². The van der Waals surface area contributed by atoms with Crippen LogP contribution >= 0.6 is 0 Å². The monoisotopic (exact) mass is 380 g/mol. The molecule has 0 unspecified atom stereocenters. The first kappa shape index (κ1) is 19.0. The van der Waals surface area contributed by atoms with Gasteiger partial charge in [-0.3, -0.25) is 14.4 Å². The van der Waals surface area contributed by atoms with Gasteiger partial charge < -0.3 is 9.68 Å². The van der Waals surface area contributed by atoms with Crippen molar-refractivity contribution in [1.29, 1.82) is 0 Å². The summed E-state index contributed by atoms with van der Waals surface area (Å²) < 4.78 is 44.5. The van der Waals surface area contributed by atoms with E-state index in [1.807, 2.05) is 0 Å². The molecule has 1 aromatic rings. The molecular formula is C17H12BF3O6. The lowest BCUT2D eigenvalue weighted by Gasteiger charge is -2.22. The summed E-state index contributed by atoms with van der Waals surface area (Å²) in [5.74, 6) is -4.99. The highest BCUT2D eigenvalue weighted by Gasteiger charge is 2.43. The van der Waals surface area contributed by atoms with E-state index in [-0.39, 0.29) is 12.8 Å². The van der Waals surface area contributed by atoms with Crippen LogP contribution in [-0.2, 0) is 25.2 Å². The Bertz CT molecular complexity index is 873. The molecule has 10 heteroatoms. The molecule has 27 heavy (non-hydrogen) atoms. The fourth-order valence-corrected chi connectivity index (χ4v) is 3.26. The highest BCUT2D eigenvalue weighted by atomic mass is 19.4. The van der Waals surface area contributed by atoms with E-state index in [1.54, 1.807) is 0 Å². The normalized spacial score (nSPS) is 18.2. The number of hydrogen-bond donors (Lipinski definition) is 1. The zero-order valence-electron chi connectivity index (χ0n) is 13.7. The van der Waals surface area contributed by atoms with Gasteiger partial charge in [-0.15, -0.1) is 0 Å². The first-order valence-electron chi connectivity index (χ1n) is 8.01. The Morgan fingerprint density at radius 2 is 1.74 bits per heavy atom. The van der Waals surface area contributed by atoms with Gasteiger partial charge in [0.15, 0.2) is 17.3 Å². The summed E-state index contributed by atoms with van der Waals surface area (Å²) in [5.41, 5.74) is -2.87. The highest BCUT2D eigenvalue weighted by molar-refractivity contribution is 6.65. The Morgan fingerprint density at radius 1 is 1.11 bits per heavy atom. The first-order chi connectivity index (χ1) is 12.6. The van der Waals surface area contributed by atoms with Crippen molar-refractivity contribution in [2.45, 2.75) is 25.4 Å². The lowest BCUT2D eigenvalue weighted by atomic mass is 9.69. The first-order valence-corrected chi connectivity index (χ1v) is 8.01. The fourth-order valence-electron chi connectivity index (χ4n) is 3.26. The van der Waals surface area contributed by atoms with Crippen LogP contribution in [0.25, 0.3) is 6.08 Å². The van der Waals surface area contributed by atoms with Gasteiger partial charge in [0.1, 0.15) is 5.92 Å². The Kier molecular flexibility index (Phi) is 4.77. The van der Waals surface area contributed by atoms with Crippen LogP contribution in [0.4, 0.5) is 13.2 Å². The van der Waals surface area contributed by atoms with E-state index in [4.69, 9.17) is 0 Å². The highest BCUT2D eigenvalue weighted by Crippen LogP contribution is 2.34. The van der Waals surface area contributed by atoms with E-state index in [0.717, 1.165) is 12.1 Å². The summed E-state index contributed by atoms with van der Waals surface area (Å²) in [6.07, 6.45) is -3.05. The molecule has 0 bridgehead atoms. The zero-order valence-corrected chi connectivity index (χ0v) is 13.7. The van der Waals surface area contributed by atoms with Crippen LogP contribution in [0.1, 0.15) is 40.7 Å². The summed E-state index contributed by atoms with van der Waals surface area (Å²) in [5, 5.41) is 10.1. The third kappa shape index (κ3) is 3.44. The molecule has 1 N–H and O–H groups in total. The van der Waals surface area contributed by atoms with Crippen molar-refractivity contribution in [1.82, 2.24) is 0 Å². The van der Waals surface area contributed by atoms with Gasteiger partial charge in [0, 0.05) is 29.9 Å². The average molecular weight is 380 g/mol. The molecule has 6 nitrogen and oxygen atoms in total. The van der Waals surface area contributed by atoms with Crippen molar-refractivity contribution >= 4 is 42.0 Å². The molecule has 1 fully saturated rings. The maximum atomic E-state index is 13.3. The molecule has 140 valence electrons. The predicted octanol–water partition coefficient (Wildman–Crippen LogP) is 1.08. The van der Waals surface area contributed by atoms with Crippen molar-refractivity contribution in [2.75, 3.05) is 0 Å². The molecule has 1 aliphatic carbocycles. The Labute approximate surface area is 151 Å². The largest absolute Gasteiger partial charge is 0.563 e. The van der Waals surface area contributed by atoms with E-state index in [2.05, 4.69) is 4.65 Å². The Morgan fingerprint density at radius 3 is 2.33 bits per heavy atom. The van der Waals surface area contributed by atoms with Gasteiger partial charge in [0.25, 0.3) is 0 Å². The number of benzene rings is 1. The van der Waals surface area contributed by atoms with E-state index >= 15 is 0 Å². The van der Waals surface area contributed by atoms with Crippen molar-refractivity contribution in [3.63, 3.8) is 0 Å². The van der Waals surface area contributed by atoms with E-state index < -0.39 is 64.7 Å². The lowest BCUT2D eigenvalue weighted by Crippen LogP contribution is -2.44. The van der Waals surface area contributed by atoms with Gasteiger partial charge in [0.2, 0.25) is 0 Å². The fraction of sp³-hybridized carbons (Fsp3) is 0.294. The van der Waals surface area contributed by atoms with E-state index in [0.29, 0.717) is 18.6 Å². The number of carbonyl (C=O) groups is 4. The molecule has 0 amide bonds. The molecule has 1 aromatic carbocycles. The van der Waals surface area contributed by atoms with Gasteiger partial charge in [-0.1, -0.05) is 6.07 Å². The lowest BCUT2D eigenvalue weighted by molar-refractivity contribution is -0.138. The second-order valence-electron chi connectivity index (χ2n) is 6.19. The maximum Gasteiger partial charge on any atom is 0.563 e. The maximum absolute atomic E-state index is 13.3. The van der Waals surface area contributed by atoms with Gasteiger partial charge in [-0.2, -0.15) is 13.2 Å². The summed E-state index contributed by atoms with van der Waals surface area (Å²) in [7, 11) is -2.16. The van der Waals surface area contributed by atoms with E-state index in [9.17, 15) is 37.4 Å². The summed E-state index contributed by atoms with van der Waals surface area (Å²) in [4.78, 5) is 48.3. The molecule has 2 aliphatic rings. The molecule has 1 heterocycles. The van der Waals surface area contributed by atoms with Crippen molar-refractivity contribution in [3.05, 3.63) is 34.9 Å². The van der Waals surface area contributed by atoms with Crippen molar-refractivity contribution in [3.8, 4) is 0 Å². The minimum atomic E-state index is -4.83. The molecule has 1 aliphatic heterocycles. The number of hydrogen-bond acceptors (Lipinski definition) is 6. The molecule has 1 saturated carbocycles. The van der Waals surface area contributed by atoms with Gasteiger partial charge in [0.05, 0.1) is 5.56 Å². The third-order valence-electron chi connectivity index (χ3n) is 4.47. The number of halogens is 3. The van der Waals surface area contributed by atoms with Crippen LogP contribution < -0.4 is 5.46 Å². The van der Waals surface area contributed by atoms with Crippen LogP contribution in [0.5, 0.6) is 0 Å². The molecule has 0 atom stereocenters. The molecule has 0 spiro atoms. The number of fused-ring (bicyclic) bond motifs is 1. The minimum Gasteiger partial charge on any atom is -0.503 e. The Balaban J connectivity index is 2.20. The summed E-state index contributed by atoms with van der Waals surface area (Å²) >= 11 is 0. The Hall–Kier alpha value is -2.75. The number of Topliss-reactive ketones (excluding diaryl/α,β-unsaturated/α-hetero) is 3. The topological polar surface area (TPSA) is 97.7 Å². The van der Waals surface area contributed by atoms with Crippen LogP contribution in [-0.4, -0.2) is 35.5 Å². The number of ketones is 3. The standard InChI is InChI=1S/C17H12BF3O6/c19-17(20,21)10-6-4-9(15-8(10)5-7-13(24)27-18(15)26)16(25)14-11(22)2-1-3-12(14)23/h4-7,14,26H,1-3H2. The van der Waals surface area contributed by atoms with Crippen LogP contribution in [0.15, 0.2) is 18.2 Å². The number of rotatable bonds is 2. The second kappa shape index (κ2) is 6.77. The molecule has 3 rings (SSSR count). The van der Waals surface area contributed by atoms with Crippen LogP contribution in [0.2, 0.25) is 0 Å².